The van der Waals surface area contributed by atoms with Crippen molar-refractivity contribution in [1.82, 2.24) is 4.90 Å². The Morgan fingerprint density at radius 2 is 1.54 bits per heavy atom. The summed E-state index contributed by atoms with van der Waals surface area (Å²) >= 11 is 16.7. The first-order chi connectivity index (χ1) is 13.3. The number of carbonyl (C=O) groups is 2. The SMILES string of the molecule is Cc1ccccc1C(=O)N1CCN(c2ccc(NC(=O)C(Cl)(Cl)Cl)cc2)CC1. The third-order valence-electron chi connectivity index (χ3n) is 4.69. The Bertz CT molecular complexity index is 858. The van der Waals surface area contributed by atoms with Gasteiger partial charge in [-0.15, -0.1) is 0 Å². The van der Waals surface area contributed by atoms with Crippen LogP contribution in [0.15, 0.2) is 48.5 Å². The summed E-state index contributed by atoms with van der Waals surface area (Å²) in [6.07, 6.45) is 0. The van der Waals surface area contributed by atoms with Gasteiger partial charge in [0.1, 0.15) is 0 Å². The van der Waals surface area contributed by atoms with Crippen molar-refractivity contribution in [2.45, 2.75) is 10.7 Å². The van der Waals surface area contributed by atoms with Gasteiger partial charge in [0, 0.05) is 43.1 Å². The molecule has 3 rings (SSSR count). The predicted octanol–water partition coefficient (Wildman–Crippen LogP) is 4.27. The first kappa shape index (κ1) is 20.8. The Balaban J connectivity index is 1.58. The molecule has 8 heteroatoms. The minimum absolute atomic E-state index is 0.0718. The number of nitrogens with zero attached hydrogens (tertiary/aromatic N) is 2. The first-order valence-electron chi connectivity index (χ1n) is 8.84. The smallest absolute Gasteiger partial charge is 0.276 e. The third kappa shape index (κ3) is 4.90. The number of carbonyl (C=O) groups excluding carboxylic acids is 2. The maximum atomic E-state index is 12.7. The second-order valence-corrected chi connectivity index (χ2v) is 8.87. The van der Waals surface area contributed by atoms with Crippen molar-refractivity contribution in [2.75, 3.05) is 36.4 Å². The highest BCUT2D eigenvalue weighted by molar-refractivity contribution is 6.76. The molecule has 1 heterocycles. The second-order valence-electron chi connectivity index (χ2n) is 6.59. The number of anilines is 2. The minimum atomic E-state index is -2.00. The number of aryl methyl sites for hydroxylation is 1. The lowest BCUT2D eigenvalue weighted by atomic mass is 10.1. The number of rotatable bonds is 3. The summed E-state index contributed by atoms with van der Waals surface area (Å²) in [5, 5.41) is 2.55. The lowest BCUT2D eigenvalue weighted by molar-refractivity contribution is -0.115. The van der Waals surface area contributed by atoms with Gasteiger partial charge in [-0.2, -0.15) is 0 Å². The highest BCUT2D eigenvalue weighted by Crippen LogP contribution is 2.28. The van der Waals surface area contributed by atoms with Crippen LogP contribution in [0.3, 0.4) is 0 Å². The fourth-order valence-electron chi connectivity index (χ4n) is 3.11. The summed E-state index contributed by atoms with van der Waals surface area (Å²) in [7, 11) is 0. The fraction of sp³-hybridized carbons (Fsp3) is 0.300. The lowest BCUT2D eigenvalue weighted by Crippen LogP contribution is -2.48. The van der Waals surface area contributed by atoms with Crippen molar-refractivity contribution in [2.24, 2.45) is 0 Å². The van der Waals surface area contributed by atoms with Gasteiger partial charge in [0.15, 0.2) is 0 Å². The fourth-order valence-corrected chi connectivity index (χ4v) is 3.25. The molecular weight excluding hydrogens is 421 g/mol. The van der Waals surface area contributed by atoms with E-state index in [0.29, 0.717) is 18.8 Å². The molecule has 0 aliphatic carbocycles. The van der Waals surface area contributed by atoms with Crippen LogP contribution in [0.1, 0.15) is 15.9 Å². The van der Waals surface area contributed by atoms with E-state index < -0.39 is 9.70 Å². The van der Waals surface area contributed by atoms with Crippen LogP contribution in [0.5, 0.6) is 0 Å². The second kappa shape index (κ2) is 8.60. The van der Waals surface area contributed by atoms with Crippen LogP contribution in [0, 0.1) is 6.92 Å². The molecule has 2 aromatic rings. The average molecular weight is 441 g/mol. The third-order valence-corrected chi connectivity index (χ3v) is 5.21. The monoisotopic (exact) mass is 439 g/mol. The molecular formula is C20H20Cl3N3O2. The Kier molecular flexibility index (Phi) is 6.38. The molecule has 0 saturated carbocycles. The van der Waals surface area contributed by atoms with E-state index in [4.69, 9.17) is 34.8 Å². The predicted molar refractivity (Wildman–Crippen MR) is 115 cm³/mol. The van der Waals surface area contributed by atoms with Gasteiger partial charge < -0.3 is 15.1 Å². The van der Waals surface area contributed by atoms with Crippen molar-refractivity contribution >= 4 is 58.0 Å². The van der Waals surface area contributed by atoms with Crippen molar-refractivity contribution in [3.63, 3.8) is 0 Å². The Morgan fingerprint density at radius 3 is 2.11 bits per heavy atom. The number of benzene rings is 2. The zero-order valence-electron chi connectivity index (χ0n) is 15.3. The number of amides is 2. The minimum Gasteiger partial charge on any atom is -0.368 e. The van der Waals surface area contributed by atoms with Crippen molar-refractivity contribution in [3.05, 3.63) is 59.7 Å². The topological polar surface area (TPSA) is 52.7 Å². The highest BCUT2D eigenvalue weighted by atomic mass is 35.6. The van der Waals surface area contributed by atoms with E-state index in [1.54, 1.807) is 12.1 Å². The van der Waals surface area contributed by atoms with Gasteiger partial charge in [-0.05, 0) is 42.8 Å². The van der Waals surface area contributed by atoms with E-state index >= 15 is 0 Å². The molecule has 1 aliphatic heterocycles. The maximum Gasteiger partial charge on any atom is 0.276 e. The summed E-state index contributed by atoms with van der Waals surface area (Å²) in [5.41, 5.74) is 3.30. The van der Waals surface area contributed by atoms with Crippen LogP contribution in [-0.2, 0) is 4.79 Å². The van der Waals surface area contributed by atoms with E-state index in [-0.39, 0.29) is 5.91 Å². The molecule has 1 fully saturated rings. The van der Waals surface area contributed by atoms with E-state index in [2.05, 4.69) is 10.2 Å². The van der Waals surface area contributed by atoms with E-state index in [9.17, 15) is 9.59 Å². The molecule has 0 spiro atoms. The van der Waals surface area contributed by atoms with Gasteiger partial charge in [0.2, 0.25) is 0 Å². The van der Waals surface area contributed by atoms with Crippen LogP contribution < -0.4 is 10.2 Å². The van der Waals surface area contributed by atoms with Gasteiger partial charge in [-0.25, -0.2) is 0 Å². The largest absolute Gasteiger partial charge is 0.368 e. The number of hydrogen-bond donors (Lipinski definition) is 1. The molecule has 148 valence electrons. The van der Waals surface area contributed by atoms with Gasteiger partial charge in [-0.1, -0.05) is 53.0 Å². The van der Waals surface area contributed by atoms with Crippen LogP contribution in [-0.4, -0.2) is 46.7 Å². The molecule has 2 aromatic carbocycles. The molecule has 1 N–H and O–H groups in total. The number of nitrogens with one attached hydrogen (secondary N) is 1. The van der Waals surface area contributed by atoms with Gasteiger partial charge in [0.25, 0.3) is 15.6 Å². The normalized spacial score (nSPS) is 14.7. The van der Waals surface area contributed by atoms with Crippen LogP contribution in [0.25, 0.3) is 0 Å². The molecule has 0 aromatic heterocycles. The quantitative estimate of drug-likeness (QED) is 0.725. The lowest BCUT2D eigenvalue weighted by Gasteiger charge is -2.36. The molecule has 28 heavy (non-hydrogen) atoms. The summed E-state index contributed by atoms with van der Waals surface area (Å²) in [5.74, 6) is -0.629. The number of alkyl halides is 3. The summed E-state index contributed by atoms with van der Waals surface area (Å²) in [6, 6.07) is 15.0. The molecule has 0 bridgehead atoms. The van der Waals surface area contributed by atoms with E-state index in [1.165, 1.54) is 0 Å². The standard InChI is InChI=1S/C20H20Cl3N3O2/c1-14-4-2-3-5-17(14)18(27)26-12-10-25(11-13-26)16-8-6-15(7-9-16)24-19(28)20(21,22)23/h2-9H,10-13H2,1H3,(H,24,28). The van der Waals surface area contributed by atoms with Crippen molar-refractivity contribution < 1.29 is 9.59 Å². The first-order valence-corrected chi connectivity index (χ1v) is 9.97. The summed E-state index contributed by atoms with van der Waals surface area (Å²) in [4.78, 5) is 28.5. The molecule has 5 nitrogen and oxygen atoms in total. The molecule has 1 saturated heterocycles. The Labute approximate surface area is 179 Å². The summed E-state index contributed by atoms with van der Waals surface area (Å²) < 4.78 is -2.00. The molecule has 0 unspecified atom stereocenters. The van der Waals surface area contributed by atoms with Crippen LogP contribution in [0.2, 0.25) is 0 Å². The van der Waals surface area contributed by atoms with Crippen LogP contribution in [0.4, 0.5) is 11.4 Å². The highest BCUT2D eigenvalue weighted by Gasteiger charge is 2.30. The van der Waals surface area contributed by atoms with Crippen molar-refractivity contribution in [1.29, 1.82) is 0 Å². The van der Waals surface area contributed by atoms with Crippen LogP contribution >= 0.6 is 34.8 Å². The van der Waals surface area contributed by atoms with Gasteiger partial charge in [0.05, 0.1) is 0 Å². The van der Waals surface area contributed by atoms with E-state index in [0.717, 1.165) is 29.9 Å². The van der Waals surface area contributed by atoms with Crippen molar-refractivity contribution in [3.8, 4) is 0 Å². The van der Waals surface area contributed by atoms with E-state index in [1.807, 2.05) is 48.2 Å². The average Bonchev–Trinajstić information content (AvgIpc) is 2.68. The number of halogens is 3. The Morgan fingerprint density at radius 1 is 0.929 bits per heavy atom. The Hall–Kier alpha value is -1.95. The number of hydrogen-bond acceptors (Lipinski definition) is 3. The van der Waals surface area contributed by atoms with Gasteiger partial charge in [-0.3, -0.25) is 9.59 Å². The number of piperazine rings is 1. The molecule has 1 aliphatic rings. The molecule has 2 amide bonds. The molecule has 0 radical (unpaired) electrons. The zero-order chi connectivity index (χ0) is 20.3. The van der Waals surface area contributed by atoms with Gasteiger partial charge >= 0.3 is 0 Å². The zero-order valence-corrected chi connectivity index (χ0v) is 17.6. The molecule has 0 atom stereocenters. The summed E-state index contributed by atoms with van der Waals surface area (Å²) in [6.45, 7) is 4.72. The maximum absolute atomic E-state index is 12.7.